The minimum Gasteiger partial charge on any atom is -0.493 e. The van der Waals surface area contributed by atoms with E-state index >= 15 is 0 Å². The molecule has 3 rings (SSSR count). The van der Waals surface area contributed by atoms with Crippen LogP contribution in [-0.4, -0.2) is 21.6 Å². The largest absolute Gasteiger partial charge is 0.493 e. The molecule has 0 aliphatic carbocycles. The van der Waals surface area contributed by atoms with Gasteiger partial charge in [-0.05, 0) is 48.2 Å². The molecular weight excluding hydrogens is 350 g/mol. The highest BCUT2D eigenvalue weighted by Gasteiger charge is 2.07. The van der Waals surface area contributed by atoms with Crippen molar-refractivity contribution in [3.8, 4) is 5.75 Å². The summed E-state index contributed by atoms with van der Waals surface area (Å²) in [4.78, 5) is 12.5. The van der Waals surface area contributed by atoms with Crippen LogP contribution in [0.5, 0.6) is 5.75 Å². The second kappa shape index (κ2) is 7.87. The van der Waals surface area contributed by atoms with Crippen molar-refractivity contribution >= 4 is 22.5 Å². The summed E-state index contributed by atoms with van der Waals surface area (Å²) in [5.74, 6) is 1.35. The maximum Gasteiger partial charge on any atom is 0.277 e. The van der Waals surface area contributed by atoms with E-state index in [1.807, 2.05) is 6.92 Å². The molecule has 0 unspecified atom stereocenters. The third kappa shape index (κ3) is 4.05. The molecule has 0 amide bonds. The maximum atomic E-state index is 12.5. The summed E-state index contributed by atoms with van der Waals surface area (Å²) in [7, 11) is 0. The van der Waals surface area contributed by atoms with Crippen molar-refractivity contribution < 1.29 is 4.74 Å². The molecule has 5 nitrogen and oxygen atoms in total. The minimum atomic E-state index is -0.162. The fourth-order valence-corrected chi connectivity index (χ4v) is 2.89. The Morgan fingerprint density at radius 1 is 1.19 bits per heavy atom. The number of rotatable bonds is 6. The maximum absolute atomic E-state index is 12.5. The molecule has 0 aliphatic heterocycles. The van der Waals surface area contributed by atoms with Gasteiger partial charge in [0.2, 0.25) is 0 Å². The van der Waals surface area contributed by atoms with Gasteiger partial charge in [0.15, 0.2) is 0 Å². The molecule has 6 heteroatoms. The van der Waals surface area contributed by atoms with Crippen molar-refractivity contribution in [1.82, 2.24) is 15.0 Å². The fourth-order valence-electron chi connectivity index (χ4n) is 2.72. The van der Waals surface area contributed by atoms with Gasteiger partial charge in [-0.3, -0.25) is 4.79 Å². The quantitative estimate of drug-likeness (QED) is 0.604. The number of hydrogen-bond acceptors (Lipinski definition) is 4. The first kappa shape index (κ1) is 18.4. The molecule has 2 aromatic carbocycles. The second-order valence-corrected chi connectivity index (χ2v) is 7.10. The number of nitrogens with zero attached hydrogens (tertiary/aromatic N) is 3. The van der Waals surface area contributed by atoms with Gasteiger partial charge in [0.1, 0.15) is 11.3 Å². The Morgan fingerprint density at radius 2 is 2.00 bits per heavy atom. The molecule has 0 bridgehead atoms. The molecule has 1 aromatic heterocycles. The van der Waals surface area contributed by atoms with Crippen LogP contribution in [0.25, 0.3) is 10.9 Å². The smallest absolute Gasteiger partial charge is 0.277 e. The van der Waals surface area contributed by atoms with Gasteiger partial charge in [-0.2, -0.15) is 0 Å². The summed E-state index contributed by atoms with van der Waals surface area (Å²) in [6.45, 7) is 7.31. The first-order chi connectivity index (χ1) is 12.5. The van der Waals surface area contributed by atoms with Gasteiger partial charge >= 0.3 is 0 Å². The number of aryl methyl sites for hydroxylation is 2. The van der Waals surface area contributed by atoms with Crippen LogP contribution in [0.4, 0.5) is 0 Å². The van der Waals surface area contributed by atoms with Crippen LogP contribution in [-0.2, 0) is 6.54 Å². The van der Waals surface area contributed by atoms with E-state index in [9.17, 15) is 4.79 Å². The molecular formula is C20H22ClN3O2. The average molecular weight is 372 g/mol. The topological polar surface area (TPSA) is 57.0 Å². The van der Waals surface area contributed by atoms with Crippen molar-refractivity contribution in [3.05, 3.63) is 62.9 Å². The fraction of sp³-hybridized carbons (Fsp3) is 0.350. The zero-order chi connectivity index (χ0) is 18.7. The normalized spacial score (nSPS) is 11.3. The van der Waals surface area contributed by atoms with E-state index in [0.717, 1.165) is 11.3 Å². The predicted molar refractivity (Wildman–Crippen MR) is 104 cm³/mol. The van der Waals surface area contributed by atoms with Crippen molar-refractivity contribution in [1.29, 1.82) is 0 Å². The molecule has 0 saturated carbocycles. The number of aromatic nitrogens is 3. The van der Waals surface area contributed by atoms with E-state index in [2.05, 4.69) is 42.4 Å². The van der Waals surface area contributed by atoms with E-state index in [4.69, 9.17) is 16.3 Å². The lowest BCUT2D eigenvalue weighted by atomic mass is 10.0. The van der Waals surface area contributed by atoms with Gasteiger partial charge in [0.05, 0.1) is 12.0 Å². The molecule has 26 heavy (non-hydrogen) atoms. The first-order valence-corrected chi connectivity index (χ1v) is 9.10. The Bertz CT molecular complexity index is 982. The highest BCUT2D eigenvalue weighted by molar-refractivity contribution is 6.31. The number of benzene rings is 2. The Morgan fingerprint density at radius 3 is 2.77 bits per heavy atom. The average Bonchev–Trinajstić information content (AvgIpc) is 2.61. The SMILES string of the molecule is Cc1ccc(C(C)C)cc1OCCCn1nnc2cc(Cl)ccc2c1=O. The van der Waals surface area contributed by atoms with Gasteiger partial charge in [0.25, 0.3) is 5.56 Å². The van der Waals surface area contributed by atoms with Crippen LogP contribution in [0.1, 0.15) is 37.3 Å². The Labute approximate surface area is 157 Å². The van der Waals surface area contributed by atoms with E-state index < -0.39 is 0 Å². The number of ether oxygens (including phenoxy) is 1. The lowest BCUT2D eigenvalue weighted by Gasteiger charge is -2.13. The monoisotopic (exact) mass is 371 g/mol. The number of halogens is 1. The second-order valence-electron chi connectivity index (χ2n) is 6.66. The molecule has 0 atom stereocenters. The summed E-state index contributed by atoms with van der Waals surface area (Å²) in [5, 5.41) is 9.12. The zero-order valence-electron chi connectivity index (χ0n) is 15.2. The lowest BCUT2D eigenvalue weighted by molar-refractivity contribution is 0.294. The molecule has 0 N–H and O–H groups in total. The lowest BCUT2D eigenvalue weighted by Crippen LogP contribution is -2.25. The third-order valence-corrected chi connectivity index (χ3v) is 4.57. The van der Waals surface area contributed by atoms with Crippen LogP contribution < -0.4 is 10.3 Å². The molecule has 0 spiro atoms. The summed E-state index contributed by atoms with van der Waals surface area (Å²) >= 11 is 5.92. The van der Waals surface area contributed by atoms with Crippen molar-refractivity contribution in [2.45, 2.75) is 39.7 Å². The molecule has 3 aromatic rings. The van der Waals surface area contributed by atoms with E-state index in [1.165, 1.54) is 10.2 Å². The van der Waals surface area contributed by atoms with E-state index in [-0.39, 0.29) is 5.56 Å². The summed E-state index contributed by atoms with van der Waals surface area (Å²) < 4.78 is 7.28. The minimum absolute atomic E-state index is 0.162. The van der Waals surface area contributed by atoms with Crippen LogP contribution in [0.15, 0.2) is 41.2 Å². The van der Waals surface area contributed by atoms with E-state index in [1.54, 1.807) is 18.2 Å². The molecule has 136 valence electrons. The molecule has 0 fully saturated rings. The summed E-state index contributed by atoms with van der Waals surface area (Å²) in [5.41, 5.74) is 2.70. The first-order valence-electron chi connectivity index (χ1n) is 8.72. The van der Waals surface area contributed by atoms with Crippen molar-refractivity contribution in [2.24, 2.45) is 0 Å². The van der Waals surface area contributed by atoms with Crippen LogP contribution in [0.3, 0.4) is 0 Å². The summed E-state index contributed by atoms with van der Waals surface area (Å²) in [6.07, 6.45) is 0.666. The van der Waals surface area contributed by atoms with Crippen LogP contribution in [0.2, 0.25) is 5.02 Å². The molecule has 0 saturated heterocycles. The highest BCUT2D eigenvalue weighted by atomic mass is 35.5. The highest BCUT2D eigenvalue weighted by Crippen LogP contribution is 2.24. The zero-order valence-corrected chi connectivity index (χ0v) is 16.0. The van der Waals surface area contributed by atoms with Gasteiger partial charge < -0.3 is 4.74 Å². The van der Waals surface area contributed by atoms with Gasteiger partial charge in [-0.15, -0.1) is 5.10 Å². The van der Waals surface area contributed by atoms with E-state index in [0.29, 0.717) is 41.4 Å². The van der Waals surface area contributed by atoms with Crippen molar-refractivity contribution in [3.63, 3.8) is 0 Å². The molecule has 1 heterocycles. The van der Waals surface area contributed by atoms with Crippen molar-refractivity contribution in [2.75, 3.05) is 6.61 Å². The standard InChI is InChI=1S/C20H22ClN3O2/c1-13(2)15-6-5-14(3)19(11-15)26-10-4-9-24-20(25)17-8-7-16(21)12-18(17)22-23-24/h5-8,11-13H,4,9-10H2,1-3H3. The van der Waals surface area contributed by atoms with Gasteiger partial charge in [-0.1, -0.05) is 42.8 Å². The summed E-state index contributed by atoms with van der Waals surface area (Å²) in [6, 6.07) is 11.3. The van der Waals surface area contributed by atoms with Crippen LogP contribution in [0, 0.1) is 6.92 Å². The Balaban J connectivity index is 1.65. The number of fused-ring (bicyclic) bond motifs is 1. The Kier molecular flexibility index (Phi) is 5.57. The van der Waals surface area contributed by atoms with Gasteiger partial charge in [-0.25, -0.2) is 4.68 Å². The third-order valence-electron chi connectivity index (χ3n) is 4.34. The van der Waals surface area contributed by atoms with Gasteiger partial charge in [0, 0.05) is 18.0 Å². The number of hydrogen-bond donors (Lipinski definition) is 0. The Hall–Kier alpha value is -2.40. The van der Waals surface area contributed by atoms with Crippen LogP contribution >= 0.6 is 11.6 Å². The molecule has 0 radical (unpaired) electrons. The predicted octanol–water partition coefficient (Wildman–Crippen LogP) is 4.35. The molecule has 0 aliphatic rings.